The van der Waals surface area contributed by atoms with Crippen molar-refractivity contribution in [3.63, 3.8) is 0 Å². The number of hydrazone groups is 1. The lowest BCUT2D eigenvalue weighted by atomic mass is 10.1. The molecule has 0 amide bonds. The highest BCUT2D eigenvalue weighted by Gasteiger charge is 2.46. The van der Waals surface area contributed by atoms with Gasteiger partial charge in [-0.1, -0.05) is 12.2 Å². The van der Waals surface area contributed by atoms with E-state index in [0.717, 1.165) is 0 Å². The molecule has 0 aromatic heterocycles. The lowest BCUT2D eigenvalue weighted by molar-refractivity contribution is -0.0889. The highest BCUT2D eigenvalue weighted by molar-refractivity contribution is 7.85. The summed E-state index contributed by atoms with van der Waals surface area (Å²) >= 11 is 4.82. The van der Waals surface area contributed by atoms with E-state index in [1.54, 1.807) is 0 Å². The number of rotatable bonds is 3. The Morgan fingerprint density at radius 1 is 1.59 bits per heavy atom. The van der Waals surface area contributed by atoms with Crippen LogP contribution in [-0.2, 0) is 4.74 Å². The van der Waals surface area contributed by atoms with Gasteiger partial charge in [-0.25, -0.2) is 0 Å². The summed E-state index contributed by atoms with van der Waals surface area (Å²) in [4.78, 5) is 0.234. The Bertz CT molecular complexity index is 356. The first-order valence-electron chi connectivity index (χ1n) is 5.06. The number of nitrogens with two attached hydrogens (primary N) is 1. The summed E-state index contributed by atoms with van der Waals surface area (Å²) < 4.78 is 5.34. The van der Waals surface area contributed by atoms with Crippen LogP contribution in [0.25, 0.3) is 0 Å². The zero-order valence-electron chi connectivity index (χ0n) is 8.85. The van der Waals surface area contributed by atoms with Gasteiger partial charge in [0.2, 0.25) is 0 Å². The van der Waals surface area contributed by atoms with Crippen molar-refractivity contribution >= 4 is 31.2 Å². The lowest BCUT2D eigenvalue weighted by Gasteiger charge is -2.23. The van der Waals surface area contributed by atoms with Crippen molar-refractivity contribution < 1.29 is 20.1 Å². The maximum atomic E-state index is 9.79. The summed E-state index contributed by atoms with van der Waals surface area (Å²) in [5.41, 5.74) is 6.07. The smallest absolute Gasteiger partial charge is 0.175 e. The van der Waals surface area contributed by atoms with Crippen LogP contribution in [-0.4, -0.2) is 68.2 Å². The molecule has 5 atom stereocenters. The van der Waals surface area contributed by atoms with Crippen molar-refractivity contribution in [2.45, 2.75) is 24.5 Å². The molecule has 17 heavy (non-hydrogen) atoms. The fraction of sp³-hybridized carbons (Fsp3) is 0.750. The van der Waals surface area contributed by atoms with E-state index in [1.165, 1.54) is 5.01 Å². The molecule has 1 unspecified atom stereocenters. The van der Waals surface area contributed by atoms with Crippen LogP contribution in [0.5, 0.6) is 0 Å². The van der Waals surface area contributed by atoms with E-state index < -0.39 is 24.5 Å². The van der Waals surface area contributed by atoms with Crippen molar-refractivity contribution in [2.75, 3.05) is 12.9 Å². The van der Waals surface area contributed by atoms with E-state index in [2.05, 4.69) is 5.10 Å². The standard InChI is InChI=1S/C8H14N3O4PS/c9-6(17)7-10-11(2-16-7)8-5(14)4(13)3(1-12)15-8/h3-5,8,12-14,16H,1-2H2,(H2,9,17)/t3-,4-,5-,8-/m1/s1. The molecule has 1 fully saturated rings. The van der Waals surface area contributed by atoms with Gasteiger partial charge in [0.05, 0.1) is 12.9 Å². The van der Waals surface area contributed by atoms with Crippen LogP contribution < -0.4 is 5.73 Å². The molecule has 2 aliphatic rings. The summed E-state index contributed by atoms with van der Waals surface area (Å²) in [7, 11) is 0.336. The van der Waals surface area contributed by atoms with Gasteiger partial charge in [-0.2, -0.15) is 5.10 Å². The largest absolute Gasteiger partial charge is 0.394 e. The molecular weight excluding hydrogens is 265 g/mol. The van der Waals surface area contributed by atoms with Crippen molar-refractivity contribution in [1.29, 1.82) is 0 Å². The van der Waals surface area contributed by atoms with Gasteiger partial charge in [-0.3, -0.25) is 5.01 Å². The molecule has 0 spiro atoms. The van der Waals surface area contributed by atoms with Gasteiger partial charge < -0.3 is 25.8 Å². The Labute approximate surface area is 105 Å². The molecule has 1 saturated heterocycles. The average molecular weight is 279 g/mol. The quantitative estimate of drug-likeness (QED) is 0.348. The third kappa shape index (κ3) is 2.42. The Morgan fingerprint density at radius 2 is 2.29 bits per heavy atom. The second-order valence-corrected chi connectivity index (χ2v) is 5.40. The molecule has 2 rings (SSSR count). The van der Waals surface area contributed by atoms with Gasteiger partial charge in [0, 0.05) is 0 Å². The number of aliphatic hydroxyl groups excluding tert-OH is 3. The van der Waals surface area contributed by atoms with E-state index in [0.29, 0.717) is 20.3 Å². The first-order chi connectivity index (χ1) is 8.04. The van der Waals surface area contributed by atoms with Gasteiger partial charge in [0.15, 0.2) is 6.23 Å². The third-order valence-electron chi connectivity index (χ3n) is 2.68. The van der Waals surface area contributed by atoms with Gasteiger partial charge in [-0.05, 0) is 8.58 Å². The first-order valence-corrected chi connectivity index (χ1v) is 6.67. The number of hydrogen-bond acceptors (Lipinski definition) is 7. The molecule has 2 aliphatic heterocycles. The number of aliphatic hydroxyl groups is 3. The van der Waals surface area contributed by atoms with E-state index in [9.17, 15) is 10.2 Å². The van der Waals surface area contributed by atoms with Crippen LogP contribution in [0.3, 0.4) is 0 Å². The zero-order valence-corrected chi connectivity index (χ0v) is 10.7. The van der Waals surface area contributed by atoms with Gasteiger partial charge in [0.1, 0.15) is 28.8 Å². The Morgan fingerprint density at radius 3 is 2.76 bits per heavy atom. The monoisotopic (exact) mass is 279 g/mol. The number of thiocarbonyl (C=S) groups is 1. The minimum absolute atomic E-state index is 0.234. The van der Waals surface area contributed by atoms with Crippen LogP contribution in [0, 0.1) is 0 Å². The van der Waals surface area contributed by atoms with Crippen LogP contribution in [0.1, 0.15) is 0 Å². The summed E-state index contributed by atoms with van der Waals surface area (Å²) in [6, 6.07) is 0. The van der Waals surface area contributed by atoms with Crippen LogP contribution in [0.4, 0.5) is 0 Å². The Balaban J connectivity index is 2.07. The number of nitrogens with zero attached hydrogens (tertiary/aromatic N) is 2. The first kappa shape index (κ1) is 13.1. The van der Waals surface area contributed by atoms with E-state index in [1.807, 2.05) is 0 Å². The van der Waals surface area contributed by atoms with E-state index in [4.69, 9.17) is 27.8 Å². The van der Waals surface area contributed by atoms with E-state index >= 15 is 0 Å². The molecule has 96 valence electrons. The fourth-order valence-electron chi connectivity index (χ4n) is 1.76. The molecule has 2 heterocycles. The molecule has 5 N–H and O–H groups in total. The summed E-state index contributed by atoms with van der Waals surface area (Å²) in [6.07, 6.45) is -3.23. The van der Waals surface area contributed by atoms with Crippen molar-refractivity contribution in [3.8, 4) is 0 Å². The average Bonchev–Trinajstić information content (AvgIpc) is 2.87. The lowest BCUT2D eigenvalue weighted by Crippen LogP contribution is -2.40. The predicted molar refractivity (Wildman–Crippen MR) is 67.0 cm³/mol. The molecule has 7 nitrogen and oxygen atoms in total. The highest BCUT2D eigenvalue weighted by atomic mass is 32.1. The topological polar surface area (TPSA) is 112 Å². The van der Waals surface area contributed by atoms with E-state index in [-0.39, 0.29) is 11.6 Å². The van der Waals surface area contributed by atoms with Crippen LogP contribution in [0.15, 0.2) is 5.10 Å². The van der Waals surface area contributed by atoms with Crippen LogP contribution in [0.2, 0.25) is 0 Å². The predicted octanol–water partition coefficient (Wildman–Crippen LogP) is -2.02. The summed E-state index contributed by atoms with van der Waals surface area (Å²) in [6.45, 7) is -0.350. The molecule has 9 heteroatoms. The second-order valence-electron chi connectivity index (χ2n) is 3.82. The summed E-state index contributed by atoms with van der Waals surface area (Å²) in [5.74, 6) is 0. The van der Waals surface area contributed by atoms with Gasteiger partial charge >= 0.3 is 0 Å². The molecule has 0 aromatic carbocycles. The minimum atomic E-state index is -1.11. The highest BCUT2D eigenvalue weighted by Crippen LogP contribution is 2.31. The van der Waals surface area contributed by atoms with Crippen molar-refractivity contribution in [3.05, 3.63) is 0 Å². The zero-order chi connectivity index (χ0) is 12.6. The Hall–Kier alpha value is -0.370. The molecule has 0 aromatic rings. The van der Waals surface area contributed by atoms with Crippen molar-refractivity contribution in [1.82, 2.24) is 5.01 Å². The minimum Gasteiger partial charge on any atom is -0.394 e. The fourth-order valence-corrected chi connectivity index (χ4v) is 2.96. The van der Waals surface area contributed by atoms with Crippen molar-refractivity contribution in [2.24, 2.45) is 10.8 Å². The third-order valence-corrected chi connectivity index (χ3v) is 4.24. The number of ether oxygens (including phenoxy) is 1. The molecular formula is C8H14N3O4PS. The molecule has 0 radical (unpaired) electrons. The molecule has 0 saturated carbocycles. The summed E-state index contributed by atoms with van der Waals surface area (Å²) in [5, 5.41) is 34.0. The maximum absolute atomic E-state index is 9.79. The second kappa shape index (κ2) is 5.09. The SMILES string of the molecule is NC(=S)C1=NN([C@@H]2O[C@H](CO)[C@@H](O)[C@H]2O)CP1. The Kier molecular flexibility index (Phi) is 3.92. The molecule has 0 aliphatic carbocycles. The molecule has 0 bridgehead atoms. The maximum Gasteiger partial charge on any atom is 0.175 e. The normalized spacial score (nSPS) is 38.8. The van der Waals surface area contributed by atoms with Gasteiger partial charge in [0.25, 0.3) is 0 Å². The number of hydrogen-bond donors (Lipinski definition) is 4. The van der Waals surface area contributed by atoms with Gasteiger partial charge in [-0.15, -0.1) is 0 Å². The van der Waals surface area contributed by atoms with Crippen LogP contribution >= 0.6 is 20.8 Å².